The van der Waals surface area contributed by atoms with Crippen molar-refractivity contribution in [3.05, 3.63) is 88.9 Å². The molecule has 0 fully saturated rings. The Morgan fingerprint density at radius 3 is 2.28 bits per heavy atom. The first-order valence-electron chi connectivity index (χ1n) is 8.66. The van der Waals surface area contributed by atoms with Crippen molar-refractivity contribution >= 4 is 31.9 Å². The van der Waals surface area contributed by atoms with Crippen LogP contribution in [0.2, 0.25) is 0 Å². The predicted molar refractivity (Wildman–Crippen MR) is 112 cm³/mol. The summed E-state index contributed by atoms with van der Waals surface area (Å²) in [6.45, 7) is 0. The minimum Gasteiger partial charge on any atom is -0.481 e. The summed E-state index contributed by atoms with van der Waals surface area (Å²) < 4.78 is 34.5. The summed E-state index contributed by atoms with van der Waals surface area (Å²) in [7, 11) is -3.92. The Hall–Kier alpha value is -2.68. The molecule has 0 unspecified atom stereocenters. The number of benzene rings is 3. The first-order valence-corrected chi connectivity index (χ1v) is 10.9. The van der Waals surface area contributed by atoms with Crippen molar-refractivity contribution in [2.75, 3.05) is 0 Å². The number of hydrogen-bond donors (Lipinski definition) is 2. The standard InChI is InChI=1S/C21H18BrNO5S/c22-16-9-11-19(12-10-16)29(26,27)23-20(14-21(24)25)15-5-4-8-18(13-15)28-17-6-2-1-3-7-17/h1-13,20,23H,14H2,(H,24,25)/t20-/m0/s1. The van der Waals surface area contributed by atoms with Crippen LogP contribution < -0.4 is 9.46 Å². The van der Waals surface area contributed by atoms with Crippen LogP contribution in [0.5, 0.6) is 11.5 Å². The van der Waals surface area contributed by atoms with E-state index in [1.165, 1.54) is 12.1 Å². The molecule has 0 aliphatic carbocycles. The second-order valence-corrected chi connectivity index (χ2v) is 8.84. The van der Waals surface area contributed by atoms with Crippen LogP contribution in [0.3, 0.4) is 0 Å². The molecule has 0 amide bonds. The highest BCUT2D eigenvalue weighted by Gasteiger charge is 2.24. The maximum atomic E-state index is 12.7. The van der Waals surface area contributed by atoms with Crippen LogP contribution in [-0.4, -0.2) is 19.5 Å². The van der Waals surface area contributed by atoms with Gasteiger partial charge in [-0.15, -0.1) is 0 Å². The van der Waals surface area contributed by atoms with Crippen molar-refractivity contribution in [3.63, 3.8) is 0 Å². The van der Waals surface area contributed by atoms with Crippen LogP contribution >= 0.6 is 15.9 Å². The molecule has 8 heteroatoms. The summed E-state index contributed by atoms with van der Waals surface area (Å²) >= 11 is 3.26. The quantitative estimate of drug-likeness (QED) is 0.490. The van der Waals surface area contributed by atoms with Gasteiger partial charge in [0.25, 0.3) is 0 Å². The van der Waals surface area contributed by atoms with Crippen molar-refractivity contribution < 1.29 is 23.1 Å². The van der Waals surface area contributed by atoms with Crippen LogP contribution in [-0.2, 0) is 14.8 Å². The minimum absolute atomic E-state index is 0.0489. The van der Waals surface area contributed by atoms with Gasteiger partial charge in [0.2, 0.25) is 10.0 Å². The van der Waals surface area contributed by atoms with Gasteiger partial charge in [-0.1, -0.05) is 46.3 Å². The van der Waals surface area contributed by atoms with E-state index in [4.69, 9.17) is 4.74 Å². The number of para-hydroxylation sites is 1. The third-order valence-electron chi connectivity index (χ3n) is 4.04. The zero-order chi connectivity index (χ0) is 20.9. The summed E-state index contributed by atoms with van der Waals surface area (Å²) in [4.78, 5) is 11.4. The largest absolute Gasteiger partial charge is 0.481 e. The first kappa shape index (κ1) is 21.0. The summed E-state index contributed by atoms with van der Waals surface area (Å²) in [5, 5.41) is 9.28. The van der Waals surface area contributed by atoms with Gasteiger partial charge in [-0.05, 0) is 54.1 Å². The molecule has 0 aromatic heterocycles. The number of ether oxygens (including phenoxy) is 1. The van der Waals surface area contributed by atoms with Gasteiger partial charge in [-0.25, -0.2) is 13.1 Å². The second-order valence-electron chi connectivity index (χ2n) is 6.21. The fourth-order valence-electron chi connectivity index (χ4n) is 2.69. The molecule has 29 heavy (non-hydrogen) atoms. The molecule has 0 aliphatic rings. The molecule has 0 bridgehead atoms. The molecule has 0 aliphatic heterocycles. The van der Waals surface area contributed by atoms with E-state index in [0.29, 0.717) is 17.1 Å². The molecule has 150 valence electrons. The molecule has 3 aromatic rings. The lowest BCUT2D eigenvalue weighted by Gasteiger charge is -2.18. The second kappa shape index (κ2) is 9.21. The summed E-state index contributed by atoms with van der Waals surface area (Å²) in [5.41, 5.74) is 0.488. The molecule has 2 N–H and O–H groups in total. The molecule has 0 spiro atoms. The fourth-order valence-corrected chi connectivity index (χ4v) is 4.18. The number of hydrogen-bond acceptors (Lipinski definition) is 4. The van der Waals surface area contributed by atoms with E-state index in [9.17, 15) is 18.3 Å². The number of rotatable bonds is 8. The Bertz CT molecular complexity index is 1090. The van der Waals surface area contributed by atoms with E-state index < -0.39 is 28.5 Å². The molecule has 1 atom stereocenters. The monoisotopic (exact) mass is 475 g/mol. The third kappa shape index (κ3) is 5.90. The molecule has 0 saturated carbocycles. The van der Waals surface area contributed by atoms with Crippen molar-refractivity contribution in [3.8, 4) is 11.5 Å². The number of carboxylic acid groups (broad SMARTS) is 1. The number of nitrogens with one attached hydrogen (secondary N) is 1. The van der Waals surface area contributed by atoms with Gasteiger partial charge >= 0.3 is 5.97 Å². The lowest BCUT2D eigenvalue weighted by molar-refractivity contribution is -0.137. The molecule has 3 aromatic carbocycles. The third-order valence-corrected chi connectivity index (χ3v) is 6.06. The number of aliphatic carboxylic acids is 1. The highest BCUT2D eigenvalue weighted by atomic mass is 79.9. The molecule has 0 saturated heterocycles. The van der Waals surface area contributed by atoms with Crippen molar-refractivity contribution in [2.45, 2.75) is 17.4 Å². The smallest absolute Gasteiger partial charge is 0.305 e. The Labute approximate surface area is 177 Å². The summed E-state index contributed by atoms with van der Waals surface area (Å²) in [5.74, 6) is -0.0234. The van der Waals surface area contributed by atoms with E-state index >= 15 is 0 Å². The minimum atomic E-state index is -3.92. The number of carbonyl (C=O) groups is 1. The summed E-state index contributed by atoms with van der Waals surface area (Å²) in [6, 6.07) is 21.0. The SMILES string of the molecule is O=C(O)C[C@H](NS(=O)(=O)c1ccc(Br)cc1)c1cccc(Oc2ccccc2)c1. The maximum Gasteiger partial charge on any atom is 0.305 e. The van der Waals surface area contributed by atoms with Crippen molar-refractivity contribution in [1.82, 2.24) is 4.72 Å². The van der Waals surface area contributed by atoms with Crippen LogP contribution in [0, 0.1) is 0 Å². The first-order chi connectivity index (χ1) is 13.8. The van der Waals surface area contributed by atoms with Gasteiger partial charge in [-0.2, -0.15) is 0 Å². The zero-order valence-corrected chi connectivity index (χ0v) is 17.6. The molecule has 3 rings (SSSR count). The van der Waals surface area contributed by atoms with Gasteiger partial charge in [-0.3, -0.25) is 4.79 Å². The molecule has 0 radical (unpaired) electrons. The number of sulfonamides is 1. The average molecular weight is 476 g/mol. The number of halogens is 1. The van der Waals surface area contributed by atoms with E-state index in [1.807, 2.05) is 18.2 Å². The molecular weight excluding hydrogens is 458 g/mol. The Morgan fingerprint density at radius 1 is 0.966 bits per heavy atom. The Kier molecular flexibility index (Phi) is 6.68. The molecule has 6 nitrogen and oxygen atoms in total. The van der Waals surface area contributed by atoms with E-state index in [1.54, 1.807) is 48.5 Å². The zero-order valence-electron chi connectivity index (χ0n) is 15.2. The maximum absolute atomic E-state index is 12.7. The molecule has 0 heterocycles. The average Bonchev–Trinajstić information content (AvgIpc) is 2.68. The van der Waals surface area contributed by atoms with Crippen molar-refractivity contribution in [1.29, 1.82) is 0 Å². The summed E-state index contributed by atoms with van der Waals surface area (Å²) in [6.07, 6.45) is -0.412. The van der Waals surface area contributed by atoms with Crippen LogP contribution in [0.25, 0.3) is 0 Å². The van der Waals surface area contributed by atoms with Gasteiger partial charge in [0.1, 0.15) is 11.5 Å². The van der Waals surface area contributed by atoms with Gasteiger partial charge in [0, 0.05) is 4.47 Å². The van der Waals surface area contributed by atoms with E-state index in [0.717, 1.165) is 4.47 Å². The van der Waals surface area contributed by atoms with Gasteiger partial charge in [0.05, 0.1) is 17.4 Å². The molecular formula is C21H18BrNO5S. The highest BCUT2D eigenvalue weighted by Crippen LogP contribution is 2.27. The predicted octanol–water partition coefficient (Wildman–Crippen LogP) is 4.74. The Morgan fingerprint density at radius 2 is 1.62 bits per heavy atom. The van der Waals surface area contributed by atoms with E-state index in [-0.39, 0.29) is 4.90 Å². The fraction of sp³-hybridized carbons (Fsp3) is 0.0952. The number of carboxylic acids is 1. The normalized spacial score (nSPS) is 12.3. The van der Waals surface area contributed by atoms with Gasteiger partial charge in [0.15, 0.2) is 0 Å². The van der Waals surface area contributed by atoms with Crippen LogP contribution in [0.15, 0.2) is 88.2 Å². The topological polar surface area (TPSA) is 92.7 Å². The lowest BCUT2D eigenvalue weighted by atomic mass is 10.0. The lowest BCUT2D eigenvalue weighted by Crippen LogP contribution is -2.30. The highest BCUT2D eigenvalue weighted by molar-refractivity contribution is 9.10. The van der Waals surface area contributed by atoms with Crippen molar-refractivity contribution in [2.24, 2.45) is 0 Å². The van der Waals surface area contributed by atoms with Gasteiger partial charge < -0.3 is 9.84 Å². The Balaban J connectivity index is 1.87. The van der Waals surface area contributed by atoms with Crippen LogP contribution in [0.4, 0.5) is 0 Å². The van der Waals surface area contributed by atoms with E-state index in [2.05, 4.69) is 20.7 Å². The van der Waals surface area contributed by atoms with Crippen LogP contribution in [0.1, 0.15) is 18.0 Å².